The highest BCUT2D eigenvalue weighted by atomic mass is 16.7. The van der Waals surface area contributed by atoms with E-state index in [0.717, 1.165) is 5.56 Å². The van der Waals surface area contributed by atoms with E-state index < -0.39 is 6.29 Å². The van der Waals surface area contributed by atoms with Crippen molar-refractivity contribution in [2.45, 2.75) is 32.2 Å². The minimum atomic E-state index is -0.405. The van der Waals surface area contributed by atoms with E-state index in [1.54, 1.807) is 7.05 Å². The van der Waals surface area contributed by atoms with Gasteiger partial charge in [-0.15, -0.1) is 10.2 Å². The number of aryl methyl sites for hydroxylation is 1. The summed E-state index contributed by atoms with van der Waals surface area (Å²) in [5, 5.41) is 11.9. The van der Waals surface area contributed by atoms with Gasteiger partial charge in [-0.3, -0.25) is 4.79 Å². The quantitative estimate of drug-likeness (QED) is 0.578. The lowest BCUT2D eigenvalue weighted by atomic mass is 10.1. The Kier molecular flexibility index (Phi) is 5.39. The molecule has 1 aromatic carbocycles. The van der Waals surface area contributed by atoms with Crippen LogP contribution in [0.25, 0.3) is 0 Å². The van der Waals surface area contributed by atoms with E-state index in [-0.39, 0.29) is 18.7 Å². The summed E-state index contributed by atoms with van der Waals surface area (Å²) in [5.74, 6) is 1.06. The minimum absolute atomic E-state index is 0.190. The predicted octanol–water partition coefficient (Wildman–Crippen LogP) is 1.41. The summed E-state index contributed by atoms with van der Waals surface area (Å²) in [6.45, 7) is 1.56. The van der Waals surface area contributed by atoms with Gasteiger partial charge in [-0.1, -0.05) is 24.3 Å². The smallest absolute Gasteiger partial charge is 0.302 e. The number of benzene rings is 1. The SMILES string of the molecule is CC(=O)OCC1C=CCC(Oc2ccc(Cc3nnn(C)n3)cc2)O1. The molecule has 0 N–H and O–H groups in total. The first-order chi connectivity index (χ1) is 12.1. The highest BCUT2D eigenvalue weighted by molar-refractivity contribution is 5.65. The third-order valence-corrected chi connectivity index (χ3v) is 3.56. The molecule has 8 heteroatoms. The first kappa shape index (κ1) is 17.1. The predicted molar refractivity (Wildman–Crippen MR) is 87.7 cm³/mol. The van der Waals surface area contributed by atoms with Crippen LogP contribution in [0.5, 0.6) is 5.75 Å². The molecule has 25 heavy (non-hydrogen) atoms. The molecular weight excluding hydrogens is 324 g/mol. The molecule has 3 rings (SSSR count). The maximum absolute atomic E-state index is 10.9. The molecule has 2 aromatic rings. The van der Waals surface area contributed by atoms with Gasteiger partial charge in [0, 0.05) is 19.8 Å². The first-order valence-corrected chi connectivity index (χ1v) is 8.02. The van der Waals surface area contributed by atoms with Crippen LogP contribution in [-0.2, 0) is 27.7 Å². The van der Waals surface area contributed by atoms with E-state index in [2.05, 4.69) is 15.4 Å². The number of nitrogens with zero attached hydrogens (tertiary/aromatic N) is 4. The molecule has 1 aliphatic rings. The fraction of sp³-hybridized carbons (Fsp3) is 0.412. The Morgan fingerprint density at radius 1 is 1.36 bits per heavy atom. The van der Waals surface area contributed by atoms with Crippen LogP contribution in [0, 0.1) is 0 Å². The van der Waals surface area contributed by atoms with E-state index in [1.165, 1.54) is 11.7 Å². The van der Waals surface area contributed by atoms with Crippen molar-refractivity contribution in [2.75, 3.05) is 6.61 Å². The summed E-state index contributed by atoms with van der Waals surface area (Å²) < 4.78 is 16.6. The van der Waals surface area contributed by atoms with E-state index in [1.807, 2.05) is 36.4 Å². The molecule has 132 valence electrons. The lowest BCUT2D eigenvalue weighted by molar-refractivity contribution is -0.154. The minimum Gasteiger partial charge on any atom is -0.465 e. The van der Waals surface area contributed by atoms with Gasteiger partial charge in [-0.25, -0.2) is 0 Å². The van der Waals surface area contributed by atoms with Crippen molar-refractivity contribution in [3.8, 4) is 5.75 Å². The fourth-order valence-corrected chi connectivity index (χ4v) is 2.42. The Hall–Kier alpha value is -2.74. The highest BCUT2D eigenvalue weighted by Gasteiger charge is 2.20. The van der Waals surface area contributed by atoms with Crippen molar-refractivity contribution < 1.29 is 19.0 Å². The molecule has 0 fully saturated rings. The molecule has 2 atom stereocenters. The zero-order chi connectivity index (χ0) is 17.6. The number of carbonyl (C=O) groups is 1. The number of tetrazole rings is 1. The topological polar surface area (TPSA) is 88.4 Å². The van der Waals surface area contributed by atoms with Gasteiger partial charge in [0.1, 0.15) is 18.5 Å². The van der Waals surface area contributed by atoms with Gasteiger partial charge in [0.25, 0.3) is 0 Å². The Labute approximate surface area is 145 Å². The molecule has 0 amide bonds. The van der Waals surface area contributed by atoms with Crippen molar-refractivity contribution in [3.63, 3.8) is 0 Å². The standard InChI is InChI=1S/C17H20N4O4/c1-12(22)23-11-15-4-3-5-17(25-15)24-14-8-6-13(7-9-14)10-16-18-20-21(2)19-16/h3-4,6-9,15,17H,5,10-11H2,1-2H3. The van der Waals surface area contributed by atoms with Crippen LogP contribution >= 0.6 is 0 Å². The molecule has 2 heterocycles. The number of carbonyl (C=O) groups excluding carboxylic acids is 1. The van der Waals surface area contributed by atoms with Crippen LogP contribution in [0.1, 0.15) is 24.7 Å². The zero-order valence-electron chi connectivity index (χ0n) is 14.2. The Bertz CT molecular complexity index is 741. The molecular formula is C17H20N4O4. The zero-order valence-corrected chi connectivity index (χ0v) is 14.2. The molecule has 1 aromatic heterocycles. The number of hydrogen-bond acceptors (Lipinski definition) is 7. The van der Waals surface area contributed by atoms with Gasteiger partial charge in [0.05, 0.1) is 7.05 Å². The number of esters is 1. The summed E-state index contributed by atoms with van der Waals surface area (Å²) in [6, 6.07) is 7.68. The van der Waals surface area contributed by atoms with Crippen LogP contribution < -0.4 is 4.74 Å². The second-order valence-corrected chi connectivity index (χ2v) is 5.70. The van der Waals surface area contributed by atoms with Crippen LogP contribution in [0.2, 0.25) is 0 Å². The molecule has 1 aliphatic heterocycles. The maximum atomic E-state index is 10.9. The molecule has 0 bridgehead atoms. The van der Waals surface area contributed by atoms with Gasteiger partial charge in [0.15, 0.2) is 5.82 Å². The first-order valence-electron chi connectivity index (χ1n) is 8.02. The highest BCUT2D eigenvalue weighted by Crippen LogP contribution is 2.20. The van der Waals surface area contributed by atoms with E-state index in [9.17, 15) is 4.79 Å². The average Bonchev–Trinajstić information content (AvgIpc) is 3.00. The number of hydrogen-bond donors (Lipinski definition) is 0. The molecule has 0 spiro atoms. The van der Waals surface area contributed by atoms with Gasteiger partial charge in [-0.05, 0) is 22.9 Å². The van der Waals surface area contributed by atoms with Crippen molar-refractivity contribution in [3.05, 3.63) is 47.8 Å². The van der Waals surface area contributed by atoms with Crippen LogP contribution in [0.4, 0.5) is 0 Å². The third-order valence-electron chi connectivity index (χ3n) is 3.56. The second kappa shape index (κ2) is 7.89. The summed E-state index contributed by atoms with van der Waals surface area (Å²) >= 11 is 0. The fourth-order valence-electron chi connectivity index (χ4n) is 2.42. The number of ether oxygens (including phenoxy) is 3. The molecule has 0 radical (unpaired) electrons. The monoisotopic (exact) mass is 344 g/mol. The third kappa shape index (κ3) is 5.12. The van der Waals surface area contributed by atoms with Gasteiger partial charge < -0.3 is 14.2 Å². The lowest BCUT2D eigenvalue weighted by Gasteiger charge is -2.26. The van der Waals surface area contributed by atoms with E-state index in [0.29, 0.717) is 24.4 Å². The maximum Gasteiger partial charge on any atom is 0.302 e. The van der Waals surface area contributed by atoms with Crippen molar-refractivity contribution in [1.29, 1.82) is 0 Å². The second-order valence-electron chi connectivity index (χ2n) is 5.70. The Morgan fingerprint density at radius 3 is 2.84 bits per heavy atom. The van der Waals surface area contributed by atoms with Crippen molar-refractivity contribution >= 4 is 5.97 Å². The molecule has 0 saturated carbocycles. The summed E-state index contributed by atoms with van der Waals surface area (Å²) in [4.78, 5) is 12.3. The van der Waals surface area contributed by atoms with E-state index in [4.69, 9.17) is 14.2 Å². The Balaban J connectivity index is 1.52. The van der Waals surface area contributed by atoms with Gasteiger partial charge in [0.2, 0.25) is 6.29 Å². The van der Waals surface area contributed by atoms with Crippen molar-refractivity contribution in [1.82, 2.24) is 20.2 Å². The van der Waals surface area contributed by atoms with Crippen LogP contribution in [0.15, 0.2) is 36.4 Å². The van der Waals surface area contributed by atoms with Crippen LogP contribution in [0.3, 0.4) is 0 Å². The van der Waals surface area contributed by atoms with Crippen LogP contribution in [-0.4, -0.2) is 45.2 Å². The average molecular weight is 344 g/mol. The largest absolute Gasteiger partial charge is 0.465 e. The normalized spacial score (nSPS) is 19.6. The number of rotatable bonds is 6. The molecule has 2 unspecified atom stereocenters. The molecule has 0 saturated heterocycles. The van der Waals surface area contributed by atoms with Crippen molar-refractivity contribution in [2.24, 2.45) is 7.05 Å². The molecule has 8 nitrogen and oxygen atoms in total. The summed E-state index contributed by atoms with van der Waals surface area (Å²) in [7, 11) is 1.74. The lowest BCUT2D eigenvalue weighted by Crippen LogP contribution is -2.32. The van der Waals surface area contributed by atoms with Gasteiger partial charge >= 0.3 is 5.97 Å². The summed E-state index contributed by atoms with van der Waals surface area (Å²) in [5.41, 5.74) is 1.07. The number of aromatic nitrogens is 4. The van der Waals surface area contributed by atoms with E-state index >= 15 is 0 Å². The van der Waals surface area contributed by atoms with Gasteiger partial charge in [-0.2, -0.15) is 4.80 Å². The molecule has 0 aliphatic carbocycles. The summed E-state index contributed by atoms with van der Waals surface area (Å²) in [6.07, 6.45) is 4.40. The Morgan fingerprint density at radius 2 is 2.16 bits per heavy atom.